The molecule has 6 heteroatoms. The molecular formula is C15H22N2O4. The molecular weight excluding hydrogens is 272 g/mol. The summed E-state index contributed by atoms with van der Waals surface area (Å²) in [6.45, 7) is 0.731. The van der Waals surface area contributed by atoms with E-state index in [9.17, 15) is 4.79 Å². The van der Waals surface area contributed by atoms with E-state index in [4.69, 9.17) is 14.2 Å². The highest BCUT2D eigenvalue weighted by atomic mass is 16.5. The Labute approximate surface area is 124 Å². The van der Waals surface area contributed by atoms with E-state index in [2.05, 4.69) is 10.6 Å². The van der Waals surface area contributed by atoms with Gasteiger partial charge in [0, 0.05) is 24.2 Å². The predicted molar refractivity (Wildman–Crippen MR) is 79.0 cm³/mol. The van der Waals surface area contributed by atoms with Crippen LogP contribution in [-0.4, -0.2) is 39.8 Å². The van der Waals surface area contributed by atoms with Crippen molar-refractivity contribution in [3.63, 3.8) is 0 Å². The number of nitrogens with one attached hydrogen (secondary N) is 2. The van der Waals surface area contributed by atoms with E-state index in [0.717, 1.165) is 18.4 Å². The summed E-state index contributed by atoms with van der Waals surface area (Å²) >= 11 is 0. The first-order chi connectivity index (χ1) is 10.2. The summed E-state index contributed by atoms with van der Waals surface area (Å²) in [6, 6.07) is 4.08. The van der Waals surface area contributed by atoms with Crippen LogP contribution in [0.1, 0.15) is 18.4 Å². The second-order valence-corrected chi connectivity index (χ2v) is 4.95. The first kappa shape index (κ1) is 15.4. The minimum Gasteiger partial charge on any atom is -0.496 e. The van der Waals surface area contributed by atoms with Crippen molar-refractivity contribution in [2.75, 3.05) is 27.9 Å². The molecule has 2 N–H and O–H groups in total. The number of hydrogen-bond acceptors (Lipinski definition) is 5. The SMILES string of the molecule is COc1cc(OC)c(OC)cc1CNC(=O)CNC1CC1. The largest absolute Gasteiger partial charge is 0.496 e. The lowest BCUT2D eigenvalue weighted by Crippen LogP contribution is -2.34. The Kier molecular flexibility index (Phi) is 5.27. The Bertz CT molecular complexity index is 501. The van der Waals surface area contributed by atoms with Gasteiger partial charge in [0.15, 0.2) is 11.5 Å². The van der Waals surface area contributed by atoms with Crippen molar-refractivity contribution in [1.82, 2.24) is 10.6 Å². The summed E-state index contributed by atoms with van der Waals surface area (Å²) < 4.78 is 15.8. The second-order valence-electron chi connectivity index (χ2n) is 4.95. The molecule has 0 bridgehead atoms. The lowest BCUT2D eigenvalue weighted by molar-refractivity contribution is -0.120. The summed E-state index contributed by atoms with van der Waals surface area (Å²) in [5.41, 5.74) is 0.843. The minimum absolute atomic E-state index is 0.0289. The van der Waals surface area contributed by atoms with Gasteiger partial charge in [0.25, 0.3) is 0 Å². The van der Waals surface area contributed by atoms with Gasteiger partial charge in [0.1, 0.15) is 5.75 Å². The lowest BCUT2D eigenvalue weighted by Gasteiger charge is -2.14. The summed E-state index contributed by atoms with van der Waals surface area (Å²) in [4.78, 5) is 11.8. The van der Waals surface area contributed by atoms with Crippen LogP contribution in [0, 0.1) is 0 Å². The normalized spacial score (nSPS) is 13.7. The van der Waals surface area contributed by atoms with Crippen LogP contribution in [0.5, 0.6) is 17.2 Å². The molecule has 0 saturated heterocycles. The van der Waals surface area contributed by atoms with Gasteiger partial charge >= 0.3 is 0 Å². The summed E-state index contributed by atoms with van der Waals surface area (Å²) in [5, 5.41) is 6.04. The standard InChI is InChI=1S/C15H22N2O4/c1-19-12-7-14(21-3)13(20-2)6-10(12)8-17-15(18)9-16-11-4-5-11/h6-7,11,16H,4-5,8-9H2,1-3H3,(H,17,18). The van der Waals surface area contributed by atoms with Crippen molar-refractivity contribution in [1.29, 1.82) is 0 Å². The van der Waals surface area contributed by atoms with Gasteiger partial charge in [-0.3, -0.25) is 4.79 Å². The molecule has 1 aromatic carbocycles. The Balaban J connectivity index is 1.98. The van der Waals surface area contributed by atoms with Crippen LogP contribution < -0.4 is 24.8 Å². The number of benzene rings is 1. The molecule has 0 heterocycles. The Morgan fingerprint density at radius 3 is 2.29 bits per heavy atom. The van der Waals surface area contributed by atoms with Gasteiger partial charge in [-0.15, -0.1) is 0 Å². The lowest BCUT2D eigenvalue weighted by atomic mass is 10.1. The Hall–Kier alpha value is -1.95. The average molecular weight is 294 g/mol. The number of carbonyl (C=O) groups is 1. The van der Waals surface area contributed by atoms with Gasteiger partial charge in [-0.05, 0) is 18.9 Å². The maximum absolute atomic E-state index is 11.8. The van der Waals surface area contributed by atoms with Crippen LogP contribution in [0.25, 0.3) is 0 Å². The third-order valence-electron chi connectivity index (χ3n) is 3.39. The van der Waals surface area contributed by atoms with Gasteiger partial charge in [-0.25, -0.2) is 0 Å². The first-order valence-electron chi connectivity index (χ1n) is 6.97. The van der Waals surface area contributed by atoms with Crippen LogP contribution in [0.3, 0.4) is 0 Å². The Morgan fingerprint density at radius 2 is 1.71 bits per heavy atom. The van der Waals surface area contributed by atoms with Gasteiger partial charge in [-0.1, -0.05) is 0 Å². The third kappa shape index (κ3) is 4.26. The van der Waals surface area contributed by atoms with E-state index >= 15 is 0 Å². The zero-order valence-corrected chi connectivity index (χ0v) is 12.7. The van der Waals surface area contributed by atoms with Crippen molar-refractivity contribution in [2.45, 2.75) is 25.4 Å². The molecule has 1 aliphatic carbocycles. The third-order valence-corrected chi connectivity index (χ3v) is 3.39. The molecule has 0 spiro atoms. The number of rotatable bonds is 8. The molecule has 0 aliphatic heterocycles. The van der Waals surface area contributed by atoms with Crippen LogP contribution in [0.2, 0.25) is 0 Å². The molecule has 2 rings (SSSR count). The smallest absolute Gasteiger partial charge is 0.234 e. The molecule has 21 heavy (non-hydrogen) atoms. The van der Waals surface area contributed by atoms with Gasteiger partial charge < -0.3 is 24.8 Å². The second kappa shape index (κ2) is 7.17. The number of carbonyl (C=O) groups excluding carboxylic acids is 1. The van der Waals surface area contributed by atoms with E-state index in [0.29, 0.717) is 36.4 Å². The summed E-state index contributed by atoms with van der Waals surface area (Å²) in [7, 11) is 4.73. The fraction of sp³-hybridized carbons (Fsp3) is 0.533. The molecule has 1 aliphatic rings. The summed E-state index contributed by atoms with van der Waals surface area (Å²) in [5.74, 6) is 1.83. The fourth-order valence-electron chi connectivity index (χ4n) is 2.01. The van der Waals surface area contributed by atoms with Gasteiger partial charge in [0.2, 0.25) is 5.91 Å². The fourth-order valence-corrected chi connectivity index (χ4v) is 2.01. The average Bonchev–Trinajstić information content (AvgIpc) is 3.34. The van der Waals surface area contributed by atoms with Crippen molar-refractivity contribution in [3.05, 3.63) is 17.7 Å². The van der Waals surface area contributed by atoms with Crippen molar-refractivity contribution in [2.24, 2.45) is 0 Å². The van der Waals surface area contributed by atoms with E-state index in [1.54, 1.807) is 27.4 Å². The maximum Gasteiger partial charge on any atom is 0.234 e. The highest BCUT2D eigenvalue weighted by Gasteiger charge is 2.21. The van der Waals surface area contributed by atoms with Crippen LogP contribution in [0.4, 0.5) is 0 Å². The van der Waals surface area contributed by atoms with Crippen LogP contribution in [-0.2, 0) is 11.3 Å². The molecule has 0 aromatic heterocycles. The summed E-state index contributed by atoms with van der Waals surface area (Å²) in [6.07, 6.45) is 2.33. The number of methoxy groups -OCH3 is 3. The molecule has 0 unspecified atom stereocenters. The molecule has 116 valence electrons. The molecule has 6 nitrogen and oxygen atoms in total. The van der Waals surface area contributed by atoms with Crippen LogP contribution >= 0.6 is 0 Å². The molecule has 0 atom stereocenters. The monoisotopic (exact) mass is 294 g/mol. The van der Waals surface area contributed by atoms with Gasteiger partial charge in [-0.2, -0.15) is 0 Å². The maximum atomic E-state index is 11.8. The van der Waals surface area contributed by atoms with Crippen molar-refractivity contribution in [3.8, 4) is 17.2 Å². The number of hydrogen-bond donors (Lipinski definition) is 2. The minimum atomic E-state index is -0.0289. The quantitative estimate of drug-likeness (QED) is 0.751. The van der Waals surface area contributed by atoms with Crippen molar-refractivity contribution >= 4 is 5.91 Å². The van der Waals surface area contributed by atoms with E-state index in [1.165, 1.54) is 0 Å². The van der Waals surface area contributed by atoms with Crippen LogP contribution in [0.15, 0.2) is 12.1 Å². The van der Waals surface area contributed by atoms with E-state index in [1.807, 2.05) is 6.07 Å². The van der Waals surface area contributed by atoms with Crippen molar-refractivity contribution < 1.29 is 19.0 Å². The molecule has 1 saturated carbocycles. The number of ether oxygens (including phenoxy) is 3. The highest BCUT2D eigenvalue weighted by molar-refractivity contribution is 5.78. The number of amides is 1. The zero-order chi connectivity index (χ0) is 15.2. The first-order valence-corrected chi connectivity index (χ1v) is 6.97. The molecule has 1 fully saturated rings. The Morgan fingerprint density at radius 1 is 1.10 bits per heavy atom. The zero-order valence-electron chi connectivity index (χ0n) is 12.7. The molecule has 0 radical (unpaired) electrons. The topological polar surface area (TPSA) is 68.8 Å². The predicted octanol–water partition coefficient (Wildman–Crippen LogP) is 1.08. The van der Waals surface area contributed by atoms with E-state index < -0.39 is 0 Å². The molecule has 1 amide bonds. The van der Waals surface area contributed by atoms with Gasteiger partial charge in [0.05, 0.1) is 27.9 Å². The molecule has 1 aromatic rings. The van der Waals surface area contributed by atoms with E-state index in [-0.39, 0.29) is 5.91 Å². The highest BCUT2D eigenvalue weighted by Crippen LogP contribution is 2.34.